The van der Waals surface area contributed by atoms with Crippen LogP contribution < -0.4 is 5.73 Å². The van der Waals surface area contributed by atoms with Gasteiger partial charge in [0.25, 0.3) is 0 Å². The minimum Gasteiger partial charge on any atom is -0.393 e. The Labute approximate surface area is 86.7 Å². The lowest BCUT2D eigenvalue weighted by Gasteiger charge is -2.45. The summed E-state index contributed by atoms with van der Waals surface area (Å²) in [6.45, 7) is 0.227. The van der Waals surface area contributed by atoms with E-state index in [-0.39, 0.29) is 12.1 Å². The second-order valence-corrected chi connectivity index (χ2v) is 4.17. The van der Waals surface area contributed by atoms with Crippen molar-refractivity contribution in [1.82, 2.24) is 0 Å². The first-order chi connectivity index (χ1) is 7.07. The first-order valence-electron chi connectivity index (χ1n) is 4.91. The maximum absolute atomic E-state index is 13.5. The van der Waals surface area contributed by atoms with E-state index in [4.69, 9.17) is 5.73 Å². The van der Waals surface area contributed by atoms with Gasteiger partial charge in [-0.15, -0.1) is 0 Å². The highest BCUT2D eigenvalue weighted by molar-refractivity contribution is 5.31. The van der Waals surface area contributed by atoms with Crippen LogP contribution in [0.2, 0.25) is 0 Å². The molecule has 15 heavy (non-hydrogen) atoms. The van der Waals surface area contributed by atoms with E-state index < -0.39 is 23.2 Å². The van der Waals surface area contributed by atoms with Crippen LogP contribution in [0, 0.1) is 11.6 Å². The number of nitrogens with two attached hydrogens (primary N) is 1. The third kappa shape index (κ3) is 1.64. The van der Waals surface area contributed by atoms with Gasteiger partial charge in [-0.1, -0.05) is 0 Å². The Balaban J connectivity index is 2.39. The first-order valence-corrected chi connectivity index (χ1v) is 4.91. The van der Waals surface area contributed by atoms with Crippen molar-refractivity contribution < 1.29 is 13.9 Å². The average molecular weight is 213 g/mol. The number of aliphatic hydroxyl groups excluding tert-OH is 1. The lowest BCUT2D eigenvalue weighted by molar-refractivity contribution is 0.0203. The van der Waals surface area contributed by atoms with Gasteiger partial charge in [0.05, 0.1) is 6.10 Å². The molecule has 1 fully saturated rings. The first kappa shape index (κ1) is 10.5. The molecule has 0 aromatic heterocycles. The highest BCUT2D eigenvalue weighted by atomic mass is 19.1. The van der Waals surface area contributed by atoms with Crippen molar-refractivity contribution in [2.75, 3.05) is 6.54 Å². The minimum absolute atomic E-state index is 0.227. The minimum atomic E-state index is -0.578. The van der Waals surface area contributed by atoms with Crippen molar-refractivity contribution in [3.8, 4) is 0 Å². The van der Waals surface area contributed by atoms with Crippen LogP contribution in [-0.4, -0.2) is 17.8 Å². The molecule has 1 aromatic rings. The summed E-state index contributed by atoms with van der Waals surface area (Å²) in [4.78, 5) is 0. The monoisotopic (exact) mass is 213 g/mol. The summed E-state index contributed by atoms with van der Waals surface area (Å²) in [5.41, 5.74) is 5.29. The van der Waals surface area contributed by atoms with Crippen molar-refractivity contribution in [2.45, 2.75) is 24.4 Å². The third-order valence-electron chi connectivity index (χ3n) is 3.14. The van der Waals surface area contributed by atoms with Crippen LogP contribution in [-0.2, 0) is 5.41 Å². The lowest BCUT2D eigenvalue weighted by Crippen LogP contribution is -2.50. The predicted molar refractivity (Wildman–Crippen MR) is 52.3 cm³/mol. The Morgan fingerprint density at radius 3 is 2.60 bits per heavy atom. The number of aliphatic hydroxyl groups is 1. The normalized spacial score (nSPS) is 30.0. The summed E-state index contributed by atoms with van der Waals surface area (Å²) in [5, 5.41) is 9.26. The summed E-state index contributed by atoms with van der Waals surface area (Å²) in [6.07, 6.45) is 0.365. The fourth-order valence-electron chi connectivity index (χ4n) is 2.24. The van der Waals surface area contributed by atoms with E-state index in [9.17, 15) is 13.9 Å². The molecule has 0 atom stereocenters. The van der Waals surface area contributed by atoms with Crippen molar-refractivity contribution in [2.24, 2.45) is 5.73 Å². The molecule has 0 spiro atoms. The molecule has 1 aliphatic rings. The van der Waals surface area contributed by atoms with E-state index >= 15 is 0 Å². The van der Waals surface area contributed by atoms with E-state index in [2.05, 4.69) is 0 Å². The zero-order valence-electron chi connectivity index (χ0n) is 8.21. The standard InChI is InChI=1S/C11H13F2NO/c12-7-1-2-10(13)9(3-7)11(6-14)4-8(15)5-11/h1-3,8,15H,4-6,14H2. The molecule has 2 nitrogen and oxygen atoms in total. The molecule has 0 radical (unpaired) electrons. The number of hydrogen-bond acceptors (Lipinski definition) is 2. The van der Waals surface area contributed by atoms with Crippen LogP contribution in [0.1, 0.15) is 18.4 Å². The van der Waals surface area contributed by atoms with Crippen molar-refractivity contribution in [3.05, 3.63) is 35.4 Å². The molecule has 3 N–H and O–H groups in total. The molecular weight excluding hydrogens is 200 g/mol. The van der Waals surface area contributed by atoms with Gasteiger partial charge in [-0.25, -0.2) is 8.78 Å². The Morgan fingerprint density at radius 2 is 2.07 bits per heavy atom. The van der Waals surface area contributed by atoms with E-state index in [1.807, 2.05) is 0 Å². The summed E-state index contributed by atoms with van der Waals surface area (Å²) in [7, 11) is 0. The third-order valence-corrected chi connectivity index (χ3v) is 3.14. The maximum atomic E-state index is 13.5. The molecule has 1 aromatic carbocycles. The van der Waals surface area contributed by atoms with E-state index in [1.54, 1.807) is 0 Å². The molecule has 0 amide bonds. The number of hydrogen-bond donors (Lipinski definition) is 2. The van der Waals surface area contributed by atoms with Gasteiger partial charge in [0.15, 0.2) is 0 Å². The zero-order valence-corrected chi connectivity index (χ0v) is 8.21. The number of halogens is 2. The molecule has 0 heterocycles. The number of rotatable bonds is 2. The quantitative estimate of drug-likeness (QED) is 0.778. The summed E-state index contributed by atoms with van der Waals surface area (Å²) >= 11 is 0. The molecule has 82 valence electrons. The zero-order chi connectivity index (χ0) is 11.1. The van der Waals surface area contributed by atoms with Gasteiger partial charge in [0, 0.05) is 12.0 Å². The van der Waals surface area contributed by atoms with Crippen LogP contribution in [0.3, 0.4) is 0 Å². The van der Waals surface area contributed by atoms with Crippen LogP contribution in [0.15, 0.2) is 18.2 Å². The molecule has 0 saturated heterocycles. The van der Waals surface area contributed by atoms with Crippen molar-refractivity contribution >= 4 is 0 Å². The summed E-state index contributed by atoms with van der Waals surface area (Å²) < 4.78 is 26.5. The topological polar surface area (TPSA) is 46.2 Å². The second kappa shape index (κ2) is 3.54. The van der Waals surface area contributed by atoms with Gasteiger partial charge >= 0.3 is 0 Å². The fourth-order valence-corrected chi connectivity index (χ4v) is 2.24. The lowest BCUT2D eigenvalue weighted by atomic mass is 9.62. The smallest absolute Gasteiger partial charge is 0.127 e. The summed E-state index contributed by atoms with van der Waals surface area (Å²) in [5.74, 6) is -0.922. The van der Waals surface area contributed by atoms with E-state index in [0.717, 1.165) is 12.1 Å². The van der Waals surface area contributed by atoms with Gasteiger partial charge in [0.2, 0.25) is 0 Å². The van der Waals surface area contributed by atoms with Gasteiger partial charge in [0.1, 0.15) is 11.6 Å². The van der Waals surface area contributed by atoms with Crippen LogP contribution in [0.25, 0.3) is 0 Å². The number of benzene rings is 1. The van der Waals surface area contributed by atoms with Gasteiger partial charge in [-0.05, 0) is 36.6 Å². The molecule has 0 unspecified atom stereocenters. The van der Waals surface area contributed by atoms with Crippen LogP contribution in [0.5, 0.6) is 0 Å². The molecule has 1 saturated carbocycles. The molecule has 0 aliphatic heterocycles. The Kier molecular flexibility index (Phi) is 2.48. The fraction of sp³-hybridized carbons (Fsp3) is 0.455. The Hall–Kier alpha value is -1.00. The maximum Gasteiger partial charge on any atom is 0.127 e. The van der Waals surface area contributed by atoms with Gasteiger partial charge in [-0.3, -0.25) is 0 Å². The molecule has 1 aliphatic carbocycles. The predicted octanol–water partition coefficient (Wildman–Crippen LogP) is 1.32. The summed E-state index contributed by atoms with van der Waals surface area (Å²) in [6, 6.07) is 3.36. The molecule has 0 bridgehead atoms. The highest BCUT2D eigenvalue weighted by Crippen LogP contribution is 2.44. The SMILES string of the molecule is NCC1(c2cc(F)ccc2F)CC(O)C1. The average Bonchev–Trinajstić information content (AvgIpc) is 2.17. The molecule has 4 heteroatoms. The Bertz CT molecular complexity index is 375. The van der Waals surface area contributed by atoms with Crippen LogP contribution >= 0.6 is 0 Å². The second-order valence-electron chi connectivity index (χ2n) is 4.17. The molecular formula is C11H13F2NO. The van der Waals surface area contributed by atoms with Crippen LogP contribution in [0.4, 0.5) is 8.78 Å². The van der Waals surface area contributed by atoms with Crippen molar-refractivity contribution in [3.63, 3.8) is 0 Å². The van der Waals surface area contributed by atoms with Gasteiger partial charge < -0.3 is 10.8 Å². The van der Waals surface area contributed by atoms with E-state index in [0.29, 0.717) is 12.8 Å². The van der Waals surface area contributed by atoms with Crippen molar-refractivity contribution in [1.29, 1.82) is 0 Å². The van der Waals surface area contributed by atoms with Gasteiger partial charge in [-0.2, -0.15) is 0 Å². The van der Waals surface area contributed by atoms with E-state index in [1.165, 1.54) is 6.07 Å². The molecule has 2 rings (SSSR count). The largest absolute Gasteiger partial charge is 0.393 e. The Morgan fingerprint density at radius 1 is 1.40 bits per heavy atom. The highest BCUT2D eigenvalue weighted by Gasteiger charge is 2.45.